The minimum absolute atomic E-state index is 0.538. The summed E-state index contributed by atoms with van der Waals surface area (Å²) in [6.45, 7) is 2.17. The van der Waals surface area contributed by atoms with Crippen molar-refractivity contribution in [3.05, 3.63) is 59.9 Å². The molecule has 0 saturated heterocycles. The summed E-state index contributed by atoms with van der Waals surface area (Å²) in [6.07, 6.45) is 2.15. The molecule has 2 atom stereocenters. The Morgan fingerprint density at radius 3 is 2.76 bits per heavy atom. The van der Waals surface area contributed by atoms with Gasteiger partial charge in [0.15, 0.2) is 0 Å². The van der Waals surface area contributed by atoms with Crippen LogP contribution in [-0.2, 0) is 6.42 Å². The van der Waals surface area contributed by atoms with Gasteiger partial charge in [0.25, 0.3) is 0 Å². The fourth-order valence-corrected chi connectivity index (χ4v) is 3.31. The number of benzene rings is 2. The molecule has 0 aliphatic heterocycles. The highest BCUT2D eigenvalue weighted by molar-refractivity contribution is 5.80. The zero-order chi connectivity index (χ0) is 14.4. The molecule has 2 aromatic carbocycles. The maximum atomic E-state index is 5.89. The van der Waals surface area contributed by atoms with Crippen LogP contribution in [0.3, 0.4) is 0 Å². The van der Waals surface area contributed by atoms with Crippen molar-refractivity contribution < 1.29 is 0 Å². The Morgan fingerprint density at radius 2 is 2.00 bits per heavy atom. The van der Waals surface area contributed by atoms with Crippen LogP contribution in [0.25, 0.3) is 11.0 Å². The maximum Gasteiger partial charge on any atom is 0.109 e. The minimum Gasteiger partial charge on any atom is -0.399 e. The Bertz CT molecular complexity index is 789. The van der Waals surface area contributed by atoms with Crippen LogP contribution in [0.4, 0.5) is 5.69 Å². The first kappa shape index (κ1) is 12.5. The molecule has 4 rings (SSSR count). The molecule has 2 unspecified atom stereocenters. The van der Waals surface area contributed by atoms with E-state index in [2.05, 4.69) is 47.9 Å². The number of nitrogen functional groups attached to an aromatic ring is 1. The van der Waals surface area contributed by atoms with Crippen LogP contribution in [0.1, 0.15) is 36.7 Å². The number of imidazole rings is 1. The van der Waals surface area contributed by atoms with Crippen molar-refractivity contribution in [1.82, 2.24) is 9.55 Å². The topological polar surface area (TPSA) is 43.8 Å². The molecular weight excluding hydrogens is 258 g/mol. The second-order valence-electron chi connectivity index (χ2n) is 5.82. The van der Waals surface area contributed by atoms with Gasteiger partial charge < -0.3 is 10.3 Å². The summed E-state index contributed by atoms with van der Waals surface area (Å²) in [7, 11) is 0. The molecule has 0 radical (unpaired) electrons. The molecule has 1 saturated carbocycles. The van der Waals surface area contributed by atoms with Crippen molar-refractivity contribution in [3.8, 4) is 0 Å². The zero-order valence-electron chi connectivity index (χ0n) is 12.2. The molecule has 1 aliphatic carbocycles. The average molecular weight is 277 g/mol. The molecule has 0 amide bonds. The monoisotopic (exact) mass is 277 g/mol. The molecule has 0 spiro atoms. The van der Waals surface area contributed by atoms with Crippen molar-refractivity contribution in [2.45, 2.75) is 31.7 Å². The third-order valence-corrected chi connectivity index (χ3v) is 4.42. The van der Waals surface area contributed by atoms with Gasteiger partial charge in [0.2, 0.25) is 0 Å². The van der Waals surface area contributed by atoms with Gasteiger partial charge in [0.05, 0.1) is 11.0 Å². The molecule has 1 aliphatic rings. The highest BCUT2D eigenvalue weighted by Gasteiger charge is 2.41. The van der Waals surface area contributed by atoms with Gasteiger partial charge in [0, 0.05) is 24.1 Å². The maximum absolute atomic E-state index is 5.89. The Morgan fingerprint density at radius 1 is 1.19 bits per heavy atom. The van der Waals surface area contributed by atoms with Crippen molar-refractivity contribution in [2.75, 3.05) is 5.73 Å². The third-order valence-electron chi connectivity index (χ3n) is 4.42. The molecule has 3 aromatic rings. The summed E-state index contributed by atoms with van der Waals surface area (Å²) in [5, 5.41) is 0. The summed E-state index contributed by atoms with van der Waals surface area (Å²) in [5.74, 6) is 1.78. The second kappa shape index (κ2) is 4.62. The number of nitrogens with two attached hydrogens (primary N) is 1. The first-order valence-electron chi connectivity index (χ1n) is 7.59. The number of hydrogen-bond acceptors (Lipinski definition) is 2. The number of fused-ring (bicyclic) bond motifs is 1. The lowest BCUT2D eigenvalue weighted by Crippen LogP contribution is -2.01. The lowest BCUT2D eigenvalue weighted by molar-refractivity contribution is 0.689. The lowest BCUT2D eigenvalue weighted by Gasteiger charge is -2.08. The fourth-order valence-electron chi connectivity index (χ4n) is 3.31. The van der Waals surface area contributed by atoms with E-state index in [1.807, 2.05) is 12.1 Å². The molecule has 1 aromatic heterocycles. The fraction of sp³-hybridized carbons (Fsp3) is 0.278. The predicted molar refractivity (Wildman–Crippen MR) is 86.4 cm³/mol. The molecule has 2 N–H and O–H groups in total. The molecular formula is C18H19N3. The smallest absolute Gasteiger partial charge is 0.109 e. The van der Waals surface area contributed by atoms with Crippen LogP contribution < -0.4 is 5.73 Å². The van der Waals surface area contributed by atoms with E-state index in [9.17, 15) is 0 Å². The zero-order valence-corrected chi connectivity index (χ0v) is 12.2. The van der Waals surface area contributed by atoms with Gasteiger partial charge in [-0.1, -0.05) is 37.3 Å². The van der Waals surface area contributed by atoms with Gasteiger partial charge in [-0.05, 0) is 30.2 Å². The molecule has 21 heavy (non-hydrogen) atoms. The first-order valence-corrected chi connectivity index (χ1v) is 7.59. The minimum atomic E-state index is 0.538. The molecule has 1 fully saturated rings. The van der Waals surface area contributed by atoms with Crippen molar-refractivity contribution in [3.63, 3.8) is 0 Å². The molecule has 3 nitrogen and oxygen atoms in total. The van der Waals surface area contributed by atoms with Crippen LogP contribution in [0.2, 0.25) is 0 Å². The third kappa shape index (κ3) is 2.00. The molecule has 106 valence electrons. The van der Waals surface area contributed by atoms with Gasteiger partial charge in [-0.2, -0.15) is 0 Å². The Hall–Kier alpha value is -2.29. The van der Waals surface area contributed by atoms with E-state index in [1.54, 1.807) is 0 Å². The van der Waals surface area contributed by atoms with E-state index in [-0.39, 0.29) is 0 Å². The number of hydrogen-bond donors (Lipinski definition) is 1. The summed E-state index contributed by atoms with van der Waals surface area (Å²) >= 11 is 0. The lowest BCUT2D eigenvalue weighted by atomic mass is 10.1. The SMILES string of the molecule is CCc1nc2cc(N)ccc2n1C1CC1c1ccccc1. The largest absolute Gasteiger partial charge is 0.399 e. The van der Waals surface area contributed by atoms with Crippen LogP contribution in [0, 0.1) is 0 Å². The Balaban J connectivity index is 1.77. The highest BCUT2D eigenvalue weighted by Crippen LogP contribution is 2.52. The van der Waals surface area contributed by atoms with E-state index in [4.69, 9.17) is 10.7 Å². The van der Waals surface area contributed by atoms with Crippen molar-refractivity contribution in [2.24, 2.45) is 0 Å². The normalized spacial score (nSPS) is 20.8. The second-order valence-corrected chi connectivity index (χ2v) is 5.82. The molecule has 1 heterocycles. The van der Waals surface area contributed by atoms with Gasteiger partial charge in [0.1, 0.15) is 5.82 Å². The first-order chi connectivity index (χ1) is 10.3. The Kier molecular flexibility index (Phi) is 2.74. The van der Waals surface area contributed by atoms with Crippen LogP contribution in [0.15, 0.2) is 48.5 Å². The molecule has 0 bridgehead atoms. The van der Waals surface area contributed by atoms with Gasteiger partial charge in [-0.3, -0.25) is 0 Å². The van der Waals surface area contributed by atoms with E-state index in [0.29, 0.717) is 12.0 Å². The standard InChI is InChI=1S/C18H19N3/c1-2-18-20-15-10-13(19)8-9-16(15)21(18)17-11-14(17)12-6-4-3-5-7-12/h3-10,14,17H,2,11,19H2,1H3. The van der Waals surface area contributed by atoms with E-state index in [0.717, 1.165) is 17.6 Å². The average Bonchev–Trinajstić information content (AvgIpc) is 3.22. The van der Waals surface area contributed by atoms with E-state index < -0.39 is 0 Å². The molecule has 3 heteroatoms. The number of aromatic nitrogens is 2. The summed E-state index contributed by atoms with van der Waals surface area (Å²) < 4.78 is 2.42. The van der Waals surface area contributed by atoms with Crippen molar-refractivity contribution >= 4 is 16.7 Å². The number of rotatable bonds is 3. The van der Waals surface area contributed by atoms with Crippen LogP contribution >= 0.6 is 0 Å². The van der Waals surface area contributed by atoms with Crippen LogP contribution in [0.5, 0.6) is 0 Å². The van der Waals surface area contributed by atoms with E-state index in [1.165, 1.54) is 23.3 Å². The van der Waals surface area contributed by atoms with Crippen LogP contribution in [-0.4, -0.2) is 9.55 Å². The van der Waals surface area contributed by atoms with Gasteiger partial charge >= 0.3 is 0 Å². The Labute approximate surface area is 124 Å². The summed E-state index contributed by atoms with van der Waals surface area (Å²) in [5.41, 5.74) is 10.3. The van der Waals surface area contributed by atoms with Crippen molar-refractivity contribution in [1.29, 1.82) is 0 Å². The quantitative estimate of drug-likeness (QED) is 0.738. The van der Waals surface area contributed by atoms with Gasteiger partial charge in [-0.25, -0.2) is 4.98 Å². The predicted octanol–water partition coefficient (Wildman–Crippen LogP) is 3.91. The van der Waals surface area contributed by atoms with E-state index >= 15 is 0 Å². The number of anilines is 1. The summed E-state index contributed by atoms with van der Waals surface area (Å²) in [6, 6.07) is 17.4. The highest BCUT2D eigenvalue weighted by atomic mass is 15.1. The van der Waals surface area contributed by atoms with Gasteiger partial charge in [-0.15, -0.1) is 0 Å². The number of aryl methyl sites for hydroxylation is 1. The number of nitrogens with zero attached hydrogens (tertiary/aromatic N) is 2. The summed E-state index contributed by atoms with van der Waals surface area (Å²) in [4.78, 5) is 4.76.